The van der Waals surface area contributed by atoms with Gasteiger partial charge in [0.25, 0.3) is 0 Å². The van der Waals surface area contributed by atoms with E-state index in [1.165, 1.54) is 0 Å². The van der Waals surface area contributed by atoms with Crippen LogP contribution in [-0.2, 0) is 6.54 Å². The van der Waals surface area contributed by atoms with Crippen LogP contribution in [0, 0.1) is 22.7 Å². The fourth-order valence-electron chi connectivity index (χ4n) is 1.66. The second-order valence-corrected chi connectivity index (χ2v) is 4.40. The first-order chi connectivity index (χ1) is 9.22. The normalized spacial score (nSPS) is 9.42. The molecule has 2 aromatic carbocycles. The Hall–Kier alpha value is -2.49. The molecule has 0 saturated carbocycles. The van der Waals surface area contributed by atoms with E-state index in [4.69, 9.17) is 22.1 Å². The number of nitrogens with one attached hydrogen (secondary N) is 1. The van der Waals surface area contributed by atoms with Crippen LogP contribution < -0.4 is 5.32 Å². The second kappa shape index (κ2) is 5.91. The predicted octanol–water partition coefficient (Wildman–Crippen LogP) is 3.70. The third-order valence-electron chi connectivity index (χ3n) is 2.67. The van der Waals surface area contributed by atoms with Crippen molar-refractivity contribution in [3.63, 3.8) is 0 Å². The summed E-state index contributed by atoms with van der Waals surface area (Å²) in [6.07, 6.45) is 0. The van der Waals surface area contributed by atoms with E-state index >= 15 is 0 Å². The van der Waals surface area contributed by atoms with Crippen molar-refractivity contribution in [1.82, 2.24) is 0 Å². The molecule has 0 spiro atoms. The van der Waals surface area contributed by atoms with Crippen molar-refractivity contribution in [2.24, 2.45) is 0 Å². The van der Waals surface area contributed by atoms with Gasteiger partial charge in [-0.25, -0.2) is 0 Å². The molecule has 2 aromatic rings. The summed E-state index contributed by atoms with van der Waals surface area (Å²) < 4.78 is 0. The first-order valence-electron chi connectivity index (χ1n) is 5.65. The van der Waals surface area contributed by atoms with E-state index in [0.717, 1.165) is 11.3 Å². The molecule has 3 nitrogen and oxygen atoms in total. The van der Waals surface area contributed by atoms with Gasteiger partial charge in [-0.3, -0.25) is 0 Å². The molecule has 0 heterocycles. The first kappa shape index (κ1) is 13.0. The fraction of sp³-hybridized carbons (Fsp3) is 0.0667. The summed E-state index contributed by atoms with van der Waals surface area (Å²) in [5.74, 6) is 0. The minimum atomic E-state index is 0.515. The van der Waals surface area contributed by atoms with Crippen LogP contribution in [0.3, 0.4) is 0 Å². The second-order valence-electron chi connectivity index (χ2n) is 3.96. The lowest BCUT2D eigenvalue weighted by molar-refractivity contribution is 1.14. The number of benzene rings is 2. The molecule has 0 aromatic heterocycles. The summed E-state index contributed by atoms with van der Waals surface area (Å²) >= 11 is 5.84. The van der Waals surface area contributed by atoms with E-state index in [1.807, 2.05) is 12.1 Å². The van der Waals surface area contributed by atoms with Gasteiger partial charge in [-0.2, -0.15) is 10.5 Å². The van der Waals surface area contributed by atoms with Gasteiger partial charge in [-0.05, 0) is 35.9 Å². The molecular weight excluding hydrogens is 258 g/mol. The summed E-state index contributed by atoms with van der Waals surface area (Å²) in [5.41, 5.74) is 2.93. The van der Waals surface area contributed by atoms with Crippen LogP contribution in [0.1, 0.15) is 16.7 Å². The Labute approximate surface area is 116 Å². The van der Waals surface area contributed by atoms with Gasteiger partial charge >= 0.3 is 0 Å². The van der Waals surface area contributed by atoms with Crippen molar-refractivity contribution < 1.29 is 0 Å². The van der Waals surface area contributed by atoms with Crippen molar-refractivity contribution in [3.8, 4) is 12.1 Å². The van der Waals surface area contributed by atoms with Gasteiger partial charge in [-0.15, -0.1) is 0 Å². The molecule has 0 bridgehead atoms. The van der Waals surface area contributed by atoms with E-state index in [1.54, 1.807) is 30.3 Å². The zero-order valence-electron chi connectivity index (χ0n) is 10.0. The van der Waals surface area contributed by atoms with Gasteiger partial charge in [0.05, 0.1) is 22.9 Å². The van der Waals surface area contributed by atoms with Crippen LogP contribution in [0.4, 0.5) is 5.69 Å². The van der Waals surface area contributed by atoms with Crippen molar-refractivity contribution in [2.45, 2.75) is 6.54 Å². The highest BCUT2D eigenvalue weighted by Crippen LogP contribution is 2.20. The Balaban J connectivity index is 2.10. The molecule has 0 unspecified atom stereocenters. The molecule has 0 fully saturated rings. The highest BCUT2D eigenvalue weighted by molar-refractivity contribution is 6.30. The molecule has 0 amide bonds. The van der Waals surface area contributed by atoms with E-state index in [2.05, 4.69) is 17.5 Å². The predicted molar refractivity (Wildman–Crippen MR) is 74.7 cm³/mol. The molecular formula is C15H10ClN3. The molecule has 4 heteroatoms. The highest BCUT2D eigenvalue weighted by atomic mass is 35.5. The van der Waals surface area contributed by atoms with Crippen molar-refractivity contribution in [2.75, 3.05) is 5.32 Å². The zero-order valence-corrected chi connectivity index (χ0v) is 10.8. The molecule has 0 aliphatic rings. The van der Waals surface area contributed by atoms with Gasteiger partial charge < -0.3 is 5.32 Å². The summed E-state index contributed by atoms with van der Waals surface area (Å²) in [7, 11) is 0. The van der Waals surface area contributed by atoms with Gasteiger partial charge in [0.15, 0.2) is 0 Å². The Morgan fingerprint density at radius 1 is 1.00 bits per heavy atom. The summed E-state index contributed by atoms with van der Waals surface area (Å²) in [5, 5.41) is 21.5. The molecule has 1 N–H and O–H groups in total. The zero-order chi connectivity index (χ0) is 13.7. The Bertz CT molecular complexity index is 663. The Morgan fingerprint density at radius 3 is 2.37 bits per heavy atom. The van der Waals surface area contributed by atoms with Gasteiger partial charge in [0.2, 0.25) is 0 Å². The van der Waals surface area contributed by atoms with Crippen LogP contribution in [0.15, 0.2) is 42.5 Å². The summed E-state index contributed by atoms with van der Waals surface area (Å²) in [4.78, 5) is 0. The highest BCUT2D eigenvalue weighted by Gasteiger charge is 2.02. The average Bonchev–Trinajstić information content (AvgIpc) is 2.46. The molecule has 0 atom stereocenters. The van der Waals surface area contributed by atoms with E-state index in [0.29, 0.717) is 22.7 Å². The quantitative estimate of drug-likeness (QED) is 0.922. The van der Waals surface area contributed by atoms with Gasteiger partial charge in [-0.1, -0.05) is 23.7 Å². The van der Waals surface area contributed by atoms with Crippen LogP contribution in [0.2, 0.25) is 5.02 Å². The van der Waals surface area contributed by atoms with Crippen LogP contribution in [0.5, 0.6) is 0 Å². The standard InChI is InChI=1S/C15H10ClN3/c16-14-5-6-15(13(7-14)9-18)19-10-12-3-1-11(8-17)2-4-12/h1-7,19H,10H2. The van der Waals surface area contributed by atoms with Gasteiger partial charge in [0, 0.05) is 11.6 Å². The topological polar surface area (TPSA) is 59.6 Å². The molecule has 0 radical (unpaired) electrons. The third kappa shape index (κ3) is 3.25. The smallest absolute Gasteiger partial charge is 0.101 e. The monoisotopic (exact) mass is 267 g/mol. The SMILES string of the molecule is N#Cc1ccc(CNc2ccc(Cl)cc2C#N)cc1. The maximum atomic E-state index is 9.02. The minimum Gasteiger partial charge on any atom is -0.380 e. The van der Waals surface area contributed by atoms with Crippen LogP contribution in [0.25, 0.3) is 0 Å². The van der Waals surface area contributed by atoms with E-state index in [-0.39, 0.29) is 0 Å². The molecule has 2 rings (SSSR count). The molecule has 0 saturated heterocycles. The van der Waals surface area contributed by atoms with Crippen LogP contribution in [-0.4, -0.2) is 0 Å². The number of nitriles is 2. The lowest BCUT2D eigenvalue weighted by Crippen LogP contribution is -2.01. The molecule has 0 aliphatic heterocycles. The van der Waals surface area contributed by atoms with Crippen molar-refractivity contribution in [3.05, 3.63) is 64.2 Å². The third-order valence-corrected chi connectivity index (χ3v) is 2.90. The lowest BCUT2D eigenvalue weighted by atomic mass is 10.1. The lowest BCUT2D eigenvalue weighted by Gasteiger charge is -2.08. The maximum absolute atomic E-state index is 9.02. The average molecular weight is 268 g/mol. The number of rotatable bonds is 3. The first-order valence-corrected chi connectivity index (χ1v) is 6.03. The number of nitrogens with zero attached hydrogens (tertiary/aromatic N) is 2. The fourth-order valence-corrected chi connectivity index (χ4v) is 1.83. The maximum Gasteiger partial charge on any atom is 0.101 e. The number of halogens is 1. The Morgan fingerprint density at radius 2 is 1.74 bits per heavy atom. The summed E-state index contributed by atoms with van der Waals surface area (Å²) in [6.45, 7) is 0.585. The number of hydrogen-bond acceptors (Lipinski definition) is 3. The largest absolute Gasteiger partial charge is 0.380 e. The molecule has 0 aliphatic carbocycles. The van der Waals surface area contributed by atoms with E-state index < -0.39 is 0 Å². The summed E-state index contributed by atoms with van der Waals surface area (Å²) in [6, 6.07) is 16.6. The van der Waals surface area contributed by atoms with E-state index in [9.17, 15) is 0 Å². The number of anilines is 1. The van der Waals surface area contributed by atoms with Crippen molar-refractivity contribution >= 4 is 17.3 Å². The molecule has 92 valence electrons. The number of hydrogen-bond donors (Lipinski definition) is 1. The minimum absolute atomic E-state index is 0.515. The Kier molecular flexibility index (Phi) is 4.03. The van der Waals surface area contributed by atoms with Crippen LogP contribution >= 0.6 is 11.6 Å². The van der Waals surface area contributed by atoms with Gasteiger partial charge in [0.1, 0.15) is 6.07 Å². The molecule has 19 heavy (non-hydrogen) atoms. The van der Waals surface area contributed by atoms with Crippen molar-refractivity contribution in [1.29, 1.82) is 10.5 Å².